The monoisotopic (exact) mass is 348 g/mol. The fraction of sp³-hybridized carbons (Fsp3) is 0.444. The molecule has 1 aromatic heterocycles. The molecule has 0 saturated carbocycles. The van der Waals surface area contributed by atoms with Gasteiger partial charge in [-0.1, -0.05) is 25.1 Å². The highest BCUT2D eigenvalue weighted by Gasteiger charge is 2.26. The number of amides is 1. The van der Waals surface area contributed by atoms with Crippen LogP contribution in [0.4, 0.5) is 0 Å². The summed E-state index contributed by atoms with van der Waals surface area (Å²) in [7, 11) is 0. The van der Waals surface area contributed by atoms with E-state index in [4.69, 9.17) is 0 Å². The molecule has 1 N–H and O–H groups in total. The number of halogens is 1. The highest BCUT2D eigenvalue weighted by molar-refractivity contribution is 5.92. The lowest BCUT2D eigenvalue weighted by Gasteiger charge is -2.34. The average Bonchev–Trinajstić information content (AvgIpc) is 3.11. The molecule has 1 fully saturated rings. The Morgan fingerprint density at radius 2 is 1.96 bits per heavy atom. The standard InChI is InChI=1S/C18H24N4O.ClH/c1-2-13-21(15-8-11-19-12-9-15)18(23)17-10-14-22(20-17)16-6-4-3-5-7-16;/h3-7,10,14-15,19H,2,8-9,11-13H2,1H3;1H. The smallest absolute Gasteiger partial charge is 0.274 e. The number of benzene rings is 1. The van der Waals surface area contributed by atoms with Crippen LogP contribution in [0.3, 0.4) is 0 Å². The zero-order chi connectivity index (χ0) is 16.1. The molecule has 2 aromatic rings. The molecule has 0 bridgehead atoms. The Labute approximate surface area is 149 Å². The van der Waals surface area contributed by atoms with Crippen LogP contribution in [0, 0.1) is 0 Å². The highest BCUT2D eigenvalue weighted by Crippen LogP contribution is 2.16. The molecule has 1 aromatic carbocycles. The molecular formula is C18H25ClN4O. The molecule has 1 amide bonds. The van der Waals surface area contributed by atoms with Crippen molar-refractivity contribution in [3.8, 4) is 5.69 Å². The van der Waals surface area contributed by atoms with Crippen molar-refractivity contribution in [1.82, 2.24) is 20.0 Å². The summed E-state index contributed by atoms with van der Waals surface area (Å²) >= 11 is 0. The van der Waals surface area contributed by atoms with Crippen molar-refractivity contribution >= 4 is 18.3 Å². The van der Waals surface area contributed by atoms with Crippen molar-refractivity contribution in [1.29, 1.82) is 0 Å². The molecule has 5 nitrogen and oxygen atoms in total. The molecule has 3 rings (SSSR count). The first kappa shape index (κ1) is 18.5. The van der Waals surface area contributed by atoms with Gasteiger partial charge in [0.15, 0.2) is 5.69 Å². The third-order valence-corrected chi connectivity index (χ3v) is 4.30. The van der Waals surface area contributed by atoms with E-state index in [1.807, 2.05) is 47.5 Å². The Kier molecular flexibility index (Phi) is 6.82. The first-order valence-electron chi connectivity index (χ1n) is 8.42. The largest absolute Gasteiger partial charge is 0.334 e. The number of nitrogens with zero attached hydrogens (tertiary/aromatic N) is 3. The van der Waals surface area contributed by atoms with Gasteiger partial charge < -0.3 is 10.2 Å². The molecule has 0 spiro atoms. The lowest BCUT2D eigenvalue weighted by molar-refractivity contribution is 0.0636. The molecule has 6 heteroatoms. The Morgan fingerprint density at radius 3 is 2.62 bits per heavy atom. The lowest BCUT2D eigenvalue weighted by Crippen LogP contribution is -2.46. The average molecular weight is 349 g/mol. The number of aromatic nitrogens is 2. The fourth-order valence-corrected chi connectivity index (χ4v) is 3.12. The fourth-order valence-electron chi connectivity index (χ4n) is 3.12. The topological polar surface area (TPSA) is 50.2 Å². The number of hydrogen-bond donors (Lipinski definition) is 1. The van der Waals surface area contributed by atoms with E-state index in [2.05, 4.69) is 17.3 Å². The molecule has 24 heavy (non-hydrogen) atoms. The third-order valence-electron chi connectivity index (χ3n) is 4.30. The second kappa shape index (κ2) is 8.85. The summed E-state index contributed by atoms with van der Waals surface area (Å²) in [5, 5.41) is 7.85. The van der Waals surface area contributed by atoms with Gasteiger partial charge in [-0.25, -0.2) is 4.68 Å². The van der Waals surface area contributed by atoms with E-state index in [0.717, 1.165) is 44.6 Å². The van der Waals surface area contributed by atoms with Crippen molar-refractivity contribution in [2.75, 3.05) is 19.6 Å². The van der Waals surface area contributed by atoms with E-state index in [0.29, 0.717) is 11.7 Å². The number of para-hydroxylation sites is 1. The normalized spacial score (nSPS) is 14.9. The van der Waals surface area contributed by atoms with E-state index >= 15 is 0 Å². The number of hydrogen-bond acceptors (Lipinski definition) is 3. The van der Waals surface area contributed by atoms with Crippen LogP contribution in [0.1, 0.15) is 36.7 Å². The molecule has 1 saturated heterocycles. The zero-order valence-corrected chi connectivity index (χ0v) is 14.8. The zero-order valence-electron chi connectivity index (χ0n) is 14.0. The van der Waals surface area contributed by atoms with Crippen LogP contribution in [0.15, 0.2) is 42.6 Å². The lowest BCUT2D eigenvalue weighted by atomic mass is 10.0. The molecule has 0 unspecified atom stereocenters. The van der Waals surface area contributed by atoms with Gasteiger partial charge in [0.25, 0.3) is 5.91 Å². The van der Waals surface area contributed by atoms with Crippen molar-refractivity contribution in [3.05, 3.63) is 48.3 Å². The van der Waals surface area contributed by atoms with E-state index in [9.17, 15) is 4.79 Å². The van der Waals surface area contributed by atoms with Gasteiger partial charge in [-0.2, -0.15) is 5.10 Å². The summed E-state index contributed by atoms with van der Waals surface area (Å²) in [4.78, 5) is 14.9. The van der Waals surface area contributed by atoms with Gasteiger partial charge in [-0.05, 0) is 50.6 Å². The predicted molar refractivity (Wildman–Crippen MR) is 98.0 cm³/mol. The molecule has 1 aliphatic heterocycles. The van der Waals surface area contributed by atoms with Crippen molar-refractivity contribution < 1.29 is 4.79 Å². The van der Waals surface area contributed by atoms with Gasteiger partial charge >= 0.3 is 0 Å². The van der Waals surface area contributed by atoms with Crippen LogP contribution in [0.2, 0.25) is 0 Å². The molecule has 1 aliphatic rings. The number of piperidine rings is 1. The number of carbonyl (C=O) groups is 1. The van der Waals surface area contributed by atoms with Gasteiger partial charge in [0, 0.05) is 18.8 Å². The molecule has 0 aliphatic carbocycles. The number of rotatable bonds is 5. The Hall–Kier alpha value is -1.85. The number of carbonyl (C=O) groups excluding carboxylic acids is 1. The Morgan fingerprint density at radius 1 is 1.25 bits per heavy atom. The SMILES string of the molecule is CCCN(C(=O)c1ccn(-c2ccccc2)n1)C1CCNCC1.Cl. The minimum absolute atomic E-state index is 0. The van der Waals surface area contributed by atoms with E-state index < -0.39 is 0 Å². The van der Waals surface area contributed by atoms with Crippen molar-refractivity contribution in [3.63, 3.8) is 0 Å². The first-order chi connectivity index (χ1) is 11.3. The molecule has 0 atom stereocenters. The quantitative estimate of drug-likeness (QED) is 0.903. The van der Waals surface area contributed by atoms with Crippen molar-refractivity contribution in [2.45, 2.75) is 32.2 Å². The maximum atomic E-state index is 12.9. The van der Waals surface area contributed by atoms with Crippen LogP contribution >= 0.6 is 12.4 Å². The maximum absolute atomic E-state index is 12.9. The van der Waals surface area contributed by atoms with E-state index in [1.54, 1.807) is 4.68 Å². The van der Waals surface area contributed by atoms with Gasteiger partial charge in [0.2, 0.25) is 0 Å². The van der Waals surface area contributed by atoms with Gasteiger partial charge in [-0.3, -0.25) is 4.79 Å². The van der Waals surface area contributed by atoms with E-state index in [-0.39, 0.29) is 18.3 Å². The summed E-state index contributed by atoms with van der Waals surface area (Å²) in [6.07, 6.45) is 4.86. The van der Waals surface area contributed by atoms with E-state index in [1.165, 1.54) is 0 Å². The second-order valence-electron chi connectivity index (χ2n) is 5.96. The van der Waals surface area contributed by atoms with Crippen LogP contribution in [-0.4, -0.2) is 46.3 Å². The summed E-state index contributed by atoms with van der Waals surface area (Å²) in [5.41, 5.74) is 1.50. The third kappa shape index (κ3) is 4.16. The molecule has 0 radical (unpaired) electrons. The number of nitrogens with one attached hydrogen (secondary N) is 1. The van der Waals surface area contributed by atoms with Gasteiger partial charge in [-0.15, -0.1) is 12.4 Å². The van der Waals surface area contributed by atoms with Gasteiger partial charge in [0.05, 0.1) is 5.69 Å². The summed E-state index contributed by atoms with van der Waals surface area (Å²) < 4.78 is 1.76. The van der Waals surface area contributed by atoms with Crippen LogP contribution < -0.4 is 5.32 Å². The first-order valence-corrected chi connectivity index (χ1v) is 8.42. The van der Waals surface area contributed by atoms with Crippen molar-refractivity contribution in [2.24, 2.45) is 0 Å². The highest BCUT2D eigenvalue weighted by atomic mass is 35.5. The summed E-state index contributed by atoms with van der Waals surface area (Å²) in [6, 6.07) is 12.0. The molecule has 2 heterocycles. The summed E-state index contributed by atoms with van der Waals surface area (Å²) in [5.74, 6) is 0.0495. The molecule has 130 valence electrons. The Balaban J connectivity index is 0.00000208. The van der Waals surface area contributed by atoms with Crippen LogP contribution in [0.5, 0.6) is 0 Å². The van der Waals surface area contributed by atoms with Crippen LogP contribution in [0.25, 0.3) is 5.69 Å². The maximum Gasteiger partial charge on any atom is 0.274 e. The van der Waals surface area contributed by atoms with Crippen LogP contribution in [-0.2, 0) is 0 Å². The predicted octanol–water partition coefficient (Wildman–Crippen LogP) is 2.90. The summed E-state index contributed by atoms with van der Waals surface area (Å²) in [6.45, 7) is 4.87. The minimum atomic E-state index is 0. The molecular weight excluding hydrogens is 324 g/mol. The second-order valence-corrected chi connectivity index (χ2v) is 5.96. The Bertz CT molecular complexity index is 637. The van der Waals surface area contributed by atoms with Gasteiger partial charge in [0.1, 0.15) is 0 Å². The minimum Gasteiger partial charge on any atom is -0.334 e.